The lowest BCUT2D eigenvalue weighted by atomic mass is 9.76. The van der Waals surface area contributed by atoms with Gasteiger partial charge in [-0.3, -0.25) is 9.48 Å². The first-order valence-electron chi connectivity index (χ1n) is 11.7. The maximum absolute atomic E-state index is 12.5. The summed E-state index contributed by atoms with van der Waals surface area (Å²) in [5.41, 5.74) is 4.94. The Kier molecular flexibility index (Phi) is 5.46. The van der Waals surface area contributed by atoms with E-state index in [9.17, 15) is 9.59 Å². The molecule has 2 aliphatic rings. The molecule has 2 N–H and O–H groups in total. The highest BCUT2D eigenvalue weighted by molar-refractivity contribution is 5.88. The van der Waals surface area contributed by atoms with Crippen LogP contribution in [0.1, 0.15) is 38.4 Å². The second-order valence-electron chi connectivity index (χ2n) is 10.2. The number of amides is 2. The predicted molar refractivity (Wildman–Crippen MR) is 126 cm³/mol. The van der Waals surface area contributed by atoms with Crippen LogP contribution in [0.3, 0.4) is 0 Å². The van der Waals surface area contributed by atoms with Gasteiger partial charge < -0.3 is 19.9 Å². The zero-order valence-electron chi connectivity index (χ0n) is 20.3. The van der Waals surface area contributed by atoms with E-state index in [2.05, 4.69) is 35.2 Å². The minimum Gasteiger partial charge on any atom is -0.406 e. The molecule has 1 aliphatic heterocycles. The molecule has 35 heavy (non-hydrogen) atoms. The van der Waals surface area contributed by atoms with Gasteiger partial charge in [0.15, 0.2) is 16.9 Å². The molecule has 4 heterocycles. The average molecular weight is 477 g/mol. The molecule has 0 saturated carbocycles. The topological polar surface area (TPSA) is 142 Å². The summed E-state index contributed by atoms with van der Waals surface area (Å²) in [5, 5.41) is 16.2. The van der Waals surface area contributed by atoms with Crippen molar-refractivity contribution < 1.29 is 14.3 Å². The van der Waals surface area contributed by atoms with Gasteiger partial charge in [-0.25, -0.2) is 14.8 Å². The van der Waals surface area contributed by atoms with Crippen LogP contribution in [0.25, 0.3) is 22.6 Å². The maximum Gasteiger partial charge on any atom is 0.413 e. The van der Waals surface area contributed by atoms with Crippen LogP contribution in [0.15, 0.2) is 12.4 Å². The van der Waals surface area contributed by atoms with Crippen molar-refractivity contribution >= 4 is 23.2 Å². The second-order valence-corrected chi connectivity index (χ2v) is 10.2. The Labute approximate surface area is 202 Å². The van der Waals surface area contributed by atoms with Gasteiger partial charge in [0.2, 0.25) is 5.91 Å². The number of rotatable bonds is 4. The van der Waals surface area contributed by atoms with Crippen molar-refractivity contribution in [2.75, 3.05) is 13.1 Å². The van der Waals surface area contributed by atoms with Gasteiger partial charge in [-0.2, -0.15) is 10.4 Å². The van der Waals surface area contributed by atoms with E-state index in [1.54, 1.807) is 13.1 Å². The Bertz CT molecular complexity index is 1360. The number of aromatic amines is 1. The largest absolute Gasteiger partial charge is 0.413 e. The number of nitrogens with one attached hydrogen (secondary N) is 2. The van der Waals surface area contributed by atoms with Crippen LogP contribution in [0.4, 0.5) is 4.79 Å². The van der Waals surface area contributed by atoms with E-state index in [4.69, 9.17) is 20.1 Å². The monoisotopic (exact) mass is 476 g/mol. The molecule has 182 valence electrons. The van der Waals surface area contributed by atoms with Crippen molar-refractivity contribution in [1.82, 2.24) is 34.9 Å². The van der Waals surface area contributed by atoms with Crippen molar-refractivity contribution in [2.45, 2.75) is 46.1 Å². The molecule has 1 aliphatic carbocycles. The molecule has 0 radical (unpaired) electrons. The first-order valence-corrected chi connectivity index (χ1v) is 11.7. The van der Waals surface area contributed by atoms with Gasteiger partial charge in [-0.15, -0.1) is 0 Å². The molecule has 0 aromatic carbocycles. The number of nitrogens with zero attached hydrogens (tertiary/aromatic N) is 6. The molecule has 11 nitrogen and oxygen atoms in total. The number of carbonyl (C=O) groups is 2. The van der Waals surface area contributed by atoms with Crippen molar-refractivity contribution in [3.8, 4) is 23.2 Å². The fourth-order valence-corrected chi connectivity index (χ4v) is 4.74. The molecule has 3 aromatic heterocycles. The van der Waals surface area contributed by atoms with Crippen LogP contribution < -0.4 is 10.1 Å². The predicted octanol–water partition coefficient (Wildman–Crippen LogP) is 2.33. The van der Waals surface area contributed by atoms with E-state index in [0.717, 1.165) is 25.0 Å². The van der Waals surface area contributed by atoms with Crippen LogP contribution in [0.2, 0.25) is 0 Å². The van der Waals surface area contributed by atoms with E-state index in [-0.39, 0.29) is 23.0 Å². The molecular formula is C24H28N8O3. The normalized spacial score (nSPS) is 17.9. The highest BCUT2D eigenvalue weighted by Crippen LogP contribution is 2.38. The SMILES string of the molecule is C[C@@H](NC(=O)Oc1c[nH]c2ncc(-c3nn(C)c4c3CCC(C)(C)C4)nc12)C(=O)N1CC(C#N)C1. The van der Waals surface area contributed by atoms with E-state index in [1.807, 2.05) is 11.7 Å². The van der Waals surface area contributed by atoms with Gasteiger partial charge in [0.25, 0.3) is 0 Å². The number of carbonyl (C=O) groups excluding carboxylic acids is 2. The molecule has 2 amide bonds. The van der Waals surface area contributed by atoms with Crippen molar-refractivity contribution in [2.24, 2.45) is 18.4 Å². The summed E-state index contributed by atoms with van der Waals surface area (Å²) in [6.07, 6.45) is 5.36. The Morgan fingerprint density at radius 2 is 2.14 bits per heavy atom. The van der Waals surface area contributed by atoms with E-state index >= 15 is 0 Å². The highest BCUT2D eigenvalue weighted by atomic mass is 16.6. The molecule has 0 spiro atoms. The smallest absolute Gasteiger partial charge is 0.406 e. The molecule has 11 heteroatoms. The molecule has 0 bridgehead atoms. The summed E-state index contributed by atoms with van der Waals surface area (Å²) >= 11 is 0. The average Bonchev–Trinajstić information content (AvgIpc) is 3.32. The summed E-state index contributed by atoms with van der Waals surface area (Å²) in [5.74, 6) is -0.184. The van der Waals surface area contributed by atoms with Crippen molar-refractivity contribution in [3.05, 3.63) is 23.7 Å². The Morgan fingerprint density at radius 3 is 2.89 bits per heavy atom. The van der Waals surface area contributed by atoms with Crippen LogP contribution in [-0.2, 0) is 24.7 Å². The summed E-state index contributed by atoms with van der Waals surface area (Å²) < 4.78 is 7.39. The number of hydrogen-bond acceptors (Lipinski definition) is 7. The molecular weight excluding hydrogens is 448 g/mol. The second kappa shape index (κ2) is 8.37. The fraction of sp³-hybridized carbons (Fsp3) is 0.500. The minimum absolute atomic E-state index is 0.145. The molecule has 1 saturated heterocycles. The van der Waals surface area contributed by atoms with E-state index < -0.39 is 12.1 Å². The number of aryl methyl sites for hydroxylation is 1. The number of fused-ring (bicyclic) bond motifs is 2. The third-order valence-corrected chi connectivity index (χ3v) is 6.84. The third kappa shape index (κ3) is 4.20. The molecule has 3 aromatic rings. The van der Waals surface area contributed by atoms with E-state index in [0.29, 0.717) is 29.9 Å². The Morgan fingerprint density at radius 1 is 1.37 bits per heavy atom. The third-order valence-electron chi connectivity index (χ3n) is 6.84. The first-order chi connectivity index (χ1) is 16.6. The number of likely N-dealkylation sites (tertiary alicyclic amines) is 1. The summed E-state index contributed by atoms with van der Waals surface area (Å²) in [7, 11) is 1.95. The van der Waals surface area contributed by atoms with Gasteiger partial charge in [0.1, 0.15) is 17.4 Å². The van der Waals surface area contributed by atoms with Gasteiger partial charge in [-0.05, 0) is 31.6 Å². The quantitative estimate of drug-likeness (QED) is 0.588. The Hall–Kier alpha value is -3.94. The fourth-order valence-electron chi connectivity index (χ4n) is 4.74. The number of H-pyrrole nitrogens is 1. The Balaban J connectivity index is 1.33. The van der Waals surface area contributed by atoms with Crippen LogP contribution in [0, 0.1) is 22.7 Å². The molecule has 1 atom stereocenters. The van der Waals surface area contributed by atoms with Crippen LogP contribution >= 0.6 is 0 Å². The first kappa shape index (κ1) is 22.8. The molecule has 5 rings (SSSR count). The molecule has 1 fully saturated rings. The zero-order valence-corrected chi connectivity index (χ0v) is 20.3. The number of hydrogen-bond donors (Lipinski definition) is 2. The van der Waals surface area contributed by atoms with Gasteiger partial charge in [-0.1, -0.05) is 13.8 Å². The highest BCUT2D eigenvalue weighted by Gasteiger charge is 2.34. The van der Waals surface area contributed by atoms with Crippen LogP contribution in [0.5, 0.6) is 5.75 Å². The summed E-state index contributed by atoms with van der Waals surface area (Å²) in [6, 6.07) is 1.34. The lowest BCUT2D eigenvalue weighted by molar-refractivity contribution is -0.137. The van der Waals surface area contributed by atoms with Crippen molar-refractivity contribution in [3.63, 3.8) is 0 Å². The number of nitriles is 1. The van der Waals surface area contributed by atoms with Crippen LogP contribution in [-0.4, -0.2) is 60.8 Å². The van der Waals surface area contributed by atoms with Gasteiger partial charge in [0, 0.05) is 37.6 Å². The van der Waals surface area contributed by atoms with Crippen molar-refractivity contribution in [1.29, 1.82) is 5.26 Å². The van der Waals surface area contributed by atoms with E-state index in [1.165, 1.54) is 22.4 Å². The zero-order chi connectivity index (χ0) is 24.9. The minimum atomic E-state index is -0.779. The summed E-state index contributed by atoms with van der Waals surface area (Å²) in [6.45, 7) is 6.88. The number of ether oxygens (including phenoxy) is 1. The molecule has 0 unspecified atom stereocenters. The maximum atomic E-state index is 12.5. The lowest BCUT2D eigenvalue weighted by Crippen LogP contribution is -2.56. The standard InChI is InChI=1S/C24H28N8O3/c1-13(22(33)32-11-14(8-25)12-32)28-23(34)35-18-10-27-21-20(18)29-16(9-26-21)19-15-5-6-24(2,3)7-17(15)31(4)30-19/h9-10,13-14H,5-7,11-12H2,1-4H3,(H,26,27)(H,28,34)/t13-/m1/s1. The van der Waals surface area contributed by atoms with Gasteiger partial charge in [0.05, 0.1) is 18.2 Å². The lowest BCUT2D eigenvalue weighted by Gasteiger charge is -2.36. The number of aromatic nitrogens is 5. The van der Waals surface area contributed by atoms with Gasteiger partial charge >= 0.3 is 6.09 Å². The summed E-state index contributed by atoms with van der Waals surface area (Å²) in [4.78, 5) is 38.6.